The topological polar surface area (TPSA) is 42.0 Å². The Morgan fingerprint density at radius 3 is 2.58 bits per heavy atom. The third-order valence-corrected chi connectivity index (χ3v) is 3.22. The predicted octanol–water partition coefficient (Wildman–Crippen LogP) is 3.09. The Morgan fingerprint density at radius 1 is 1.16 bits per heavy atom. The lowest BCUT2D eigenvalue weighted by atomic mass is 10.3. The summed E-state index contributed by atoms with van der Waals surface area (Å²) in [5.74, 6) is -1.92. The van der Waals surface area contributed by atoms with Crippen molar-refractivity contribution in [3.05, 3.63) is 54.4 Å². The van der Waals surface area contributed by atoms with Gasteiger partial charge in [-0.1, -0.05) is 0 Å². The van der Waals surface area contributed by atoms with Gasteiger partial charge in [0.2, 0.25) is 5.91 Å². The van der Waals surface area contributed by atoms with Gasteiger partial charge in [-0.2, -0.15) is 0 Å². The van der Waals surface area contributed by atoms with Crippen LogP contribution in [0.5, 0.6) is 0 Å². The fraction of sp³-hybridized carbons (Fsp3) is 0.0769. The Hall–Kier alpha value is -1.95. The summed E-state index contributed by atoms with van der Waals surface area (Å²) in [6.07, 6.45) is 3.14. The molecule has 0 aliphatic heterocycles. The first-order chi connectivity index (χ1) is 9.15. The van der Waals surface area contributed by atoms with Crippen LogP contribution >= 0.6 is 11.8 Å². The van der Waals surface area contributed by atoms with E-state index >= 15 is 0 Å². The number of hydrogen-bond donors (Lipinski definition) is 1. The van der Waals surface area contributed by atoms with Crippen LogP contribution in [-0.4, -0.2) is 16.6 Å². The summed E-state index contributed by atoms with van der Waals surface area (Å²) in [6.45, 7) is 0. The fourth-order valence-corrected chi connectivity index (χ4v) is 2.07. The third kappa shape index (κ3) is 4.03. The van der Waals surface area contributed by atoms with Crippen molar-refractivity contribution in [2.75, 3.05) is 11.1 Å². The number of halogens is 2. The summed E-state index contributed by atoms with van der Waals surface area (Å²) in [4.78, 5) is 16.0. The number of carbonyl (C=O) groups is 1. The summed E-state index contributed by atoms with van der Waals surface area (Å²) >= 11 is 1.14. The molecule has 0 saturated heterocycles. The highest BCUT2D eigenvalue weighted by Gasteiger charge is 2.06. The molecule has 0 saturated carbocycles. The Labute approximate surface area is 113 Å². The van der Waals surface area contributed by atoms with Crippen LogP contribution in [0.3, 0.4) is 0 Å². The van der Waals surface area contributed by atoms with Gasteiger partial charge in [0.05, 0.1) is 5.75 Å². The molecule has 0 fully saturated rings. The van der Waals surface area contributed by atoms with Crippen LogP contribution in [-0.2, 0) is 4.79 Å². The summed E-state index contributed by atoms with van der Waals surface area (Å²) in [5, 5.41) is 2.67. The molecule has 1 aromatic heterocycles. The molecule has 0 atom stereocenters. The maximum atomic E-state index is 13.0. The number of carbonyl (C=O) groups excluding carboxylic acids is 1. The smallest absolute Gasteiger partial charge is 0.234 e. The van der Waals surface area contributed by atoms with Crippen molar-refractivity contribution in [2.45, 2.75) is 4.90 Å². The van der Waals surface area contributed by atoms with Crippen LogP contribution < -0.4 is 5.32 Å². The van der Waals surface area contributed by atoms with Crippen LogP contribution in [0.1, 0.15) is 0 Å². The summed E-state index contributed by atoms with van der Waals surface area (Å²) in [5.41, 5.74) is 0.644. The van der Waals surface area contributed by atoms with Crippen molar-refractivity contribution in [1.82, 2.24) is 4.98 Å². The lowest BCUT2D eigenvalue weighted by Gasteiger charge is -2.05. The normalized spacial score (nSPS) is 10.2. The summed E-state index contributed by atoms with van der Waals surface area (Å²) < 4.78 is 25.7. The highest BCUT2D eigenvalue weighted by Crippen LogP contribution is 2.20. The Morgan fingerprint density at radius 2 is 1.89 bits per heavy atom. The van der Waals surface area contributed by atoms with E-state index in [0.29, 0.717) is 10.6 Å². The molecule has 98 valence electrons. The van der Waals surface area contributed by atoms with E-state index in [2.05, 4.69) is 10.3 Å². The standard InChI is InChI=1S/C13H10F2N2OS/c14-11-2-1-10(7-12(11)15)19-8-13(18)17-9-3-5-16-6-4-9/h1-7H,8H2,(H,16,17,18). The zero-order valence-electron chi connectivity index (χ0n) is 9.77. The molecule has 6 heteroatoms. The van der Waals surface area contributed by atoms with Gasteiger partial charge in [0.25, 0.3) is 0 Å². The van der Waals surface area contributed by atoms with Crippen LogP contribution in [0.15, 0.2) is 47.6 Å². The number of nitrogens with zero attached hydrogens (tertiary/aromatic N) is 1. The number of rotatable bonds is 4. The number of benzene rings is 1. The quantitative estimate of drug-likeness (QED) is 0.875. The predicted molar refractivity (Wildman–Crippen MR) is 69.9 cm³/mol. The van der Waals surface area contributed by atoms with Crippen molar-refractivity contribution in [3.63, 3.8) is 0 Å². The molecule has 0 aliphatic rings. The second-order valence-corrected chi connectivity index (χ2v) is 4.70. The molecular formula is C13H10F2N2OS. The maximum absolute atomic E-state index is 13.0. The molecular weight excluding hydrogens is 270 g/mol. The van der Waals surface area contributed by atoms with Crippen molar-refractivity contribution in [3.8, 4) is 0 Å². The largest absolute Gasteiger partial charge is 0.325 e. The van der Waals surface area contributed by atoms with E-state index in [9.17, 15) is 13.6 Å². The average molecular weight is 280 g/mol. The molecule has 0 radical (unpaired) electrons. The molecule has 0 aliphatic carbocycles. The number of hydrogen-bond acceptors (Lipinski definition) is 3. The maximum Gasteiger partial charge on any atom is 0.234 e. The lowest BCUT2D eigenvalue weighted by molar-refractivity contribution is -0.113. The van der Waals surface area contributed by atoms with Gasteiger partial charge in [0.1, 0.15) is 0 Å². The molecule has 0 spiro atoms. The number of nitrogens with one attached hydrogen (secondary N) is 1. The highest BCUT2D eigenvalue weighted by molar-refractivity contribution is 8.00. The average Bonchev–Trinajstić information content (AvgIpc) is 2.41. The molecule has 2 rings (SSSR count). The first-order valence-corrected chi connectivity index (χ1v) is 6.41. The van der Waals surface area contributed by atoms with Gasteiger partial charge in [0, 0.05) is 23.0 Å². The van der Waals surface area contributed by atoms with E-state index in [4.69, 9.17) is 0 Å². The van der Waals surface area contributed by atoms with Crippen molar-refractivity contribution in [1.29, 1.82) is 0 Å². The minimum atomic E-state index is -0.917. The van der Waals surface area contributed by atoms with E-state index in [0.717, 1.165) is 23.9 Å². The second kappa shape index (κ2) is 6.29. The lowest BCUT2D eigenvalue weighted by Crippen LogP contribution is -2.13. The molecule has 0 unspecified atom stereocenters. The highest BCUT2D eigenvalue weighted by atomic mass is 32.2. The summed E-state index contributed by atoms with van der Waals surface area (Å²) in [6, 6.07) is 6.88. The molecule has 1 heterocycles. The van der Waals surface area contributed by atoms with Crippen LogP contribution in [0.25, 0.3) is 0 Å². The van der Waals surface area contributed by atoms with E-state index < -0.39 is 11.6 Å². The Kier molecular flexibility index (Phi) is 4.46. The molecule has 19 heavy (non-hydrogen) atoms. The van der Waals surface area contributed by atoms with E-state index in [1.165, 1.54) is 6.07 Å². The van der Waals surface area contributed by atoms with Gasteiger partial charge in [-0.05, 0) is 30.3 Å². The van der Waals surface area contributed by atoms with Gasteiger partial charge in [-0.25, -0.2) is 8.78 Å². The number of anilines is 1. The van der Waals surface area contributed by atoms with Crippen LogP contribution in [0.2, 0.25) is 0 Å². The monoisotopic (exact) mass is 280 g/mol. The first kappa shape index (κ1) is 13.5. The van der Waals surface area contributed by atoms with Gasteiger partial charge >= 0.3 is 0 Å². The zero-order valence-corrected chi connectivity index (χ0v) is 10.6. The number of amides is 1. The molecule has 2 aromatic rings. The van der Waals surface area contributed by atoms with E-state index in [-0.39, 0.29) is 11.7 Å². The van der Waals surface area contributed by atoms with Gasteiger partial charge in [-0.15, -0.1) is 11.8 Å². The Balaban J connectivity index is 1.88. The summed E-state index contributed by atoms with van der Waals surface area (Å²) in [7, 11) is 0. The molecule has 1 N–H and O–H groups in total. The number of thioether (sulfide) groups is 1. The van der Waals surface area contributed by atoms with Gasteiger partial charge < -0.3 is 5.32 Å². The van der Waals surface area contributed by atoms with Crippen LogP contribution in [0, 0.1) is 11.6 Å². The third-order valence-electron chi connectivity index (χ3n) is 2.23. The fourth-order valence-electron chi connectivity index (χ4n) is 1.35. The molecule has 0 bridgehead atoms. The Bertz CT molecular complexity index is 578. The van der Waals surface area contributed by atoms with E-state index in [1.807, 2.05) is 0 Å². The van der Waals surface area contributed by atoms with Crippen molar-refractivity contribution >= 4 is 23.4 Å². The van der Waals surface area contributed by atoms with Gasteiger partial charge in [0.15, 0.2) is 11.6 Å². The minimum Gasteiger partial charge on any atom is -0.325 e. The zero-order chi connectivity index (χ0) is 13.7. The van der Waals surface area contributed by atoms with Gasteiger partial charge in [-0.3, -0.25) is 9.78 Å². The SMILES string of the molecule is O=C(CSc1ccc(F)c(F)c1)Nc1ccncc1. The first-order valence-electron chi connectivity index (χ1n) is 5.43. The minimum absolute atomic E-state index is 0.118. The molecule has 3 nitrogen and oxygen atoms in total. The molecule has 1 aromatic carbocycles. The number of aromatic nitrogens is 1. The second-order valence-electron chi connectivity index (χ2n) is 3.65. The van der Waals surface area contributed by atoms with Crippen molar-refractivity contribution < 1.29 is 13.6 Å². The molecule has 1 amide bonds. The van der Waals surface area contributed by atoms with Crippen LogP contribution in [0.4, 0.5) is 14.5 Å². The van der Waals surface area contributed by atoms with Crippen molar-refractivity contribution in [2.24, 2.45) is 0 Å². The number of pyridine rings is 1. The van der Waals surface area contributed by atoms with E-state index in [1.54, 1.807) is 24.5 Å².